The number of amides is 1. The maximum Gasteiger partial charge on any atom is 0.291 e. The van der Waals surface area contributed by atoms with Gasteiger partial charge in [0.05, 0.1) is 12.0 Å². The Bertz CT molecular complexity index is 563. The summed E-state index contributed by atoms with van der Waals surface area (Å²) in [5.41, 5.74) is 2.17. The van der Waals surface area contributed by atoms with Crippen molar-refractivity contribution in [3.8, 4) is 0 Å². The highest BCUT2D eigenvalue weighted by atomic mass is 35.5. The van der Waals surface area contributed by atoms with Crippen molar-refractivity contribution in [3.63, 3.8) is 0 Å². The second-order valence-electron chi connectivity index (χ2n) is 3.74. The van der Waals surface area contributed by atoms with Crippen LogP contribution in [0.5, 0.6) is 0 Å². The number of aromatic nitrogens is 1. The van der Waals surface area contributed by atoms with Crippen molar-refractivity contribution in [2.45, 2.75) is 13.8 Å². The molecule has 0 aliphatic heterocycles. The molecule has 0 aromatic carbocycles. The van der Waals surface area contributed by atoms with Crippen LogP contribution in [-0.2, 0) is 0 Å². The number of carbonyl (C=O) groups is 1. The standard InChI is InChI=1S/C12H11ClN2O2/c1-7-5-9(11(13)14-6-7)15-12(16)10-8(2)3-4-17-10/h3-6H,1-2H3,(H,15,16). The molecule has 2 aromatic rings. The summed E-state index contributed by atoms with van der Waals surface area (Å²) in [5, 5.41) is 2.92. The van der Waals surface area contributed by atoms with Crippen LogP contribution in [0.25, 0.3) is 0 Å². The Morgan fingerprint density at radius 1 is 1.47 bits per heavy atom. The molecule has 0 saturated heterocycles. The third-order valence-corrected chi connectivity index (χ3v) is 2.59. The van der Waals surface area contributed by atoms with Gasteiger partial charge in [-0.1, -0.05) is 11.6 Å². The highest BCUT2D eigenvalue weighted by Crippen LogP contribution is 2.21. The lowest BCUT2D eigenvalue weighted by atomic mass is 10.2. The molecule has 2 aromatic heterocycles. The molecule has 0 radical (unpaired) electrons. The molecule has 4 nitrogen and oxygen atoms in total. The number of hydrogen-bond acceptors (Lipinski definition) is 3. The molecule has 2 rings (SSSR count). The molecule has 0 atom stereocenters. The first-order chi connectivity index (χ1) is 8.08. The first-order valence-corrected chi connectivity index (χ1v) is 5.43. The number of nitrogens with one attached hydrogen (secondary N) is 1. The number of carbonyl (C=O) groups excluding carboxylic acids is 1. The maximum atomic E-state index is 11.9. The monoisotopic (exact) mass is 250 g/mol. The molecule has 88 valence electrons. The maximum absolute atomic E-state index is 11.9. The second-order valence-corrected chi connectivity index (χ2v) is 4.10. The zero-order chi connectivity index (χ0) is 12.4. The predicted molar refractivity (Wildman–Crippen MR) is 65.4 cm³/mol. The van der Waals surface area contributed by atoms with Crippen molar-refractivity contribution in [1.82, 2.24) is 4.98 Å². The zero-order valence-corrected chi connectivity index (χ0v) is 10.2. The number of furan rings is 1. The Hall–Kier alpha value is -1.81. The highest BCUT2D eigenvalue weighted by molar-refractivity contribution is 6.32. The van der Waals surface area contributed by atoms with E-state index < -0.39 is 0 Å². The lowest BCUT2D eigenvalue weighted by Gasteiger charge is -2.06. The van der Waals surface area contributed by atoms with E-state index in [1.54, 1.807) is 25.3 Å². The molecular formula is C12H11ClN2O2. The fraction of sp³-hybridized carbons (Fsp3) is 0.167. The van der Waals surface area contributed by atoms with E-state index in [4.69, 9.17) is 16.0 Å². The van der Waals surface area contributed by atoms with Gasteiger partial charge in [0, 0.05) is 11.8 Å². The van der Waals surface area contributed by atoms with Gasteiger partial charge in [-0.15, -0.1) is 0 Å². The molecule has 0 aliphatic rings. The Balaban J connectivity index is 2.24. The van der Waals surface area contributed by atoms with Gasteiger partial charge in [-0.25, -0.2) is 4.98 Å². The van der Waals surface area contributed by atoms with Crippen molar-refractivity contribution in [2.24, 2.45) is 0 Å². The second kappa shape index (κ2) is 4.59. The quantitative estimate of drug-likeness (QED) is 0.833. The average molecular weight is 251 g/mol. The smallest absolute Gasteiger partial charge is 0.291 e. The van der Waals surface area contributed by atoms with E-state index >= 15 is 0 Å². The summed E-state index contributed by atoms with van der Waals surface area (Å²) in [6.45, 7) is 3.67. The van der Waals surface area contributed by atoms with Crippen LogP contribution in [0.15, 0.2) is 29.0 Å². The summed E-state index contributed by atoms with van der Waals surface area (Å²) in [4.78, 5) is 15.8. The zero-order valence-electron chi connectivity index (χ0n) is 9.45. The van der Waals surface area contributed by atoms with Crippen LogP contribution in [0.4, 0.5) is 5.69 Å². The van der Waals surface area contributed by atoms with Crippen LogP contribution in [0.1, 0.15) is 21.7 Å². The summed E-state index contributed by atoms with van der Waals surface area (Å²) in [5.74, 6) is -0.0515. The van der Waals surface area contributed by atoms with Gasteiger partial charge < -0.3 is 9.73 Å². The van der Waals surface area contributed by atoms with Gasteiger partial charge in [0.15, 0.2) is 10.9 Å². The molecule has 1 N–H and O–H groups in total. The summed E-state index contributed by atoms with van der Waals surface area (Å²) >= 11 is 5.89. The van der Waals surface area contributed by atoms with E-state index in [1.807, 2.05) is 6.92 Å². The lowest BCUT2D eigenvalue weighted by molar-refractivity contribution is 0.0996. The molecule has 0 bridgehead atoms. The Kier molecular flexibility index (Phi) is 3.15. The Labute approximate surface area is 104 Å². The number of aryl methyl sites for hydroxylation is 2. The van der Waals surface area contributed by atoms with E-state index in [0.717, 1.165) is 11.1 Å². The number of rotatable bonds is 2. The minimum absolute atomic E-state index is 0.258. The Morgan fingerprint density at radius 3 is 2.88 bits per heavy atom. The fourth-order valence-electron chi connectivity index (χ4n) is 1.42. The molecule has 0 fully saturated rings. The summed E-state index contributed by atoms with van der Waals surface area (Å²) in [6.07, 6.45) is 3.11. The molecule has 0 aliphatic carbocycles. The number of halogens is 1. The lowest BCUT2D eigenvalue weighted by Crippen LogP contribution is -2.12. The minimum atomic E-state index is -0.332. The topological polar surface area (TPSA) is 55.1 Å². The summed E-state index contributed by atoms with van der Waals surface area (Å²) < 4.78 is 5.09. The highest BCUT2D eigenvalue weighted by Gasteiger charge is 2.14. The van der Waals surface area contributed by atoms with Crippen molar-refractivity contribution < 1.29 is 9.21 Å². The van der Waals surface area contributed by atoms with Crippen molar-refractivity contribution in [3.05, 3.63) is 46.6 Å². The number of pyridine rings is 1. The number of nitrogens with zero attached hydrogens (tertiary/aromatic N) is 1. The normalized spacial score (nSPS) is 10.3. The van der Waals surface area contributed by atoms with Gasteiger partial charge >= 0.3 is 0 Å². The van der Waals surface area contributed by atoms with Crippen LogP contribution in [0.2, 0.25) is 5.15 Å². The van der Waals surface area contributed by atoms with Gasteiger partial charge in [0.2, 0.25) is 0 Å². The molecule has 0 unspecified atom stereocenters. The van der Waals surface area contributed by atoms with Crippen LogP contribution in [-0.4, -0.2) is 10.9 Å². The average Bonchev–Trinajstić information content (AvgIpc) is 2.70. The SMILES string of the molecule is Cc1cnc(Cl)c(NC(=O)c2occc2C)c1. The predicted octanol–water partition coefficient (Wildman–Crippen LogP) is 3.20. The molecule has 1 amide bonds. The molecule has 2 heterocycles. The van der Waals surface area contributed by atoms with Crippen molar-refractivity contribution in [1.29, 1.82) is 0 Å². The van der Waals surface area contributed by atoms with E-state index in [1.165, 1.54) is 6.26 Å². The van der Waals surface area contributed by atoms with Gasteiger partial charge in [-0.2, -0.15) is 0 Å². The van der Waals surface area contributed by atoms with Gasteiger partial charge in [-0.05, 0) is 31.5 Å². The number of hydrogen-bond donors (Lipinski definition) is 1. The largest absolute Gasteiger partial charge is 0.459 e. The Morgan fingerprint density at radius 2 is 2.24 bits per heavy atom. The van der Waals surface area contributed by atoms with E-state index in [0.29, 0.717) is 5.69 Å². The summed E-state index contributed by atoms with van der Waals surface area (Å²) in [6, 6.07) is 3.48. The molecular weight excluding hydrogens is 240 g/mol. The van der Waals surface area contributed by atoms with Gasteiger partial charge in [0.25, 0.3) is 5.91 Å². The van der Waals surface area contributed by atoms with Gasteiger partial charge in [-0.3, -0.25) is 4.79 Å². The van der Waals surface area contributed by atoms with E-state index in [2.05, 4.69) is 10.3 Å². The third-order valence-electron chi connectivity index (χ3n) is 2.29. The molecule has 0 spiro atoms. The van der Waals surface area contributed by atoms with Crippen molar-refractivity contribution >= 4 is 23.2 Å². The first-order valence-electron chi connectivity index (χ1n) is 5.05. The van der Waals surface area contributed by atoms with Gasteiger partial charge in [0.1, 0.15) is 0 Å². The van der Waals surface area contributed by atoms with Crippen LogP contribution in [0.3, 0.4) is 0 Å². The van der Waals surface area contributed by atoms with Crippen LogP contribution < -0.4 is 5.32 Å². The van der Waals surface area contributed by atoms with Crippen LogP contribution >= 0.6 is 11.6 Å². The minimum Gasteiger partial charge on any atom is -0.459 e. The first kappa shape index (κ1) is 11.7. The van der Waals surface area contributed by atoms with Crippen LogP contribution in [0, 0.1) is 13.8 Å². The van der Waals surface area contributed by atoms with Crippen molar-refractivity contribution in [2.75, 3.05) is 5.32 Å². The summed E-state index contributed by atoms with van der Waals surface area (Å²) in [7, 11) is 0. The number of anilines is 1. The van der Waals surface area contributed by atoms with E-state index in [9.17, 15) is 4.79 Å². The fourth-order valence-corrected chi connectivity index (χ4v) is 1.58. The molecule has 17 heavy (non-hydrogen) atoms. The third kappa shape index (κ3) is 2.47. The van der Waals surface area contributed by atoms with E-state index in [-0.39, 0.29) is 16.8 Å². The molecule has 5 heteroatoms. The molecule has 0 saturated carbocycles.